The number of nitrogens with one attached hydrogen (secondary N) is 1. The molecule has 1 aromatic carbocycles. The van der Waals surface area contributed by atoms with Gasteiger partial charge in [0.2, 0.25) is 5.91 Å². The van der Waals surface area contributed by atoms with E-state index in [9.17, 15) is 9.59 Å². The Labute approximate surface area is 149 Å². The van der Waals surface area contributed by atoms with E-state index >= 15 is 0 Å². The molecule has 24 heavy (non-hydrogen) atoms. The molecule has 0 bridgehead atoms. The first-order chi connectivity index (χ1) is 11.2. The van der Waals surface area contributed by atoms with E-state index in [4.69, 9.17) is 5.73 Å². The minimum atomic E-state index is -0.117. The van der Waals surface area contributed by atoms with E-state index in [1.165, 1.54) is 17.5 Å². The van der Waals surface area contributed by atoms with Crippen LogP contribution in [-0.2, 0) is 17.6 Å². The summed E-state index contributed by atoms with van der Waals surface area (Å²) in [5.41, 5.74) is 8.87. The summed E-state index contributed by atoms with van der Waals surface area (Å²) >= 11 is 0. The van der Waals surface area contributed by atoms with Crippen molar-refractivity contribution in [2.75, 3.05) is 26.2 Å². The summed E-state index contributed by atoms with van der Waals surface area (Å²) in [5.74, 6) is -0.0494. The maximum Gasteiger partial charge on any atom is 0.253 e. The summed E-state index contributed by atoms with van der Waals surface area (Å²) in [6.07, 6.45) is 5.08. The van der Waals surface area contributed by atoms with Crippen LogP contribution in [0.1, 0.15) is 40.7 Å². The van der Waals surface area contributed by atoms with Crippen molar-refractivity contribution < 1.29 is 9.59 Å². The number of benzene rings is 1. The zero-order chi connectivity index (χ0) is 16.2. The van der Waals surface area contributed by atoms with Crippen molar-refractivity contribution in [3.8, 4) is 0 Å². The fourth-order valence-electron chi connectivity index (χ4n) is 3.60. The minimum absolute atomic E-state index is 0. The lowest BCUT2D eigenvalue weighted by molar-refractivity contribution is -0.126. The summed E-state index contributed by atoms with van der Waals surface area (Å²) in [6, 6.07) is 6.07. The Morgan fingerprint density at radius 3 is 2.79 bits per heavy atom. The molecule has 1 aliphatic carbocycles. The molecule has 1 atom stereocenters. The van der Waals surface area contributed by atoms with Gasteiger partial charge in [-0.1, -0.05) is 6.07 Å². The van der Waals surface area contributed by atoms with Gasteiger partial charge in [0.25, 0.3) is 5.91 Å². The maximum atomic E-state index is 12.8. The van der Waals surface area contributed by atoms with Crippen LogP contribution in [0.4, 0.5) is 0 Å². The second kappa shape index (κ2) is 8.49. The molecular formula is C18H26ClN3O2. The van der Waals surface area contributed by atoms with Crippen LogP contribution >= 0.6 is 12.4 Å². The molecule has 3 N–H and O–H groups in total. The highest BCUT2D eigenvalue weighted by atomic mass is 35.5. The first-order valence-corrected chi connectivity index (χ1v) is 8.58. The molecule has 1 aliphatic heterocycles. The zero-order valence-corrected chi connectivity index (χ0v) is 14.7. The van der Waals surface area contributed by atoms with Crippen molar-refractivity contribution in [3.05, 3.63) is 34.9 Å². The largest absolute Gasteiger partial charge is 0.355 e. The number of rotatable bonds is 4. The Hall–Kier alpha value is -1.59. The van der Waals surface area contributed by atoms with Gasteiger partial charge in [0.1, 0.15) is 0 Å². The van der Waals surface area contributed by atoms with E-state index in [0.29, 0.717) is 19.6 Å². The van der Waals surface area contributed by atoms with E-state index < -0.39 is 0 Å². The Morgan fingerprint density at radius 2 is 2.00 bits per heavy atom. The van der Waals surface area contributed by atoms with Crippen molar-refractivity contribution in [1.29, 1.82) is 0 Å². The van der Waals surface area contributed by atoms with Crippen molar-refractivity contribution in [2.24, 2.45) is 11.7 Å². The molecule has 1 aromatic rings. The Bertz CT molecular complexity index is 606. The van der Waals surface area contributed by atoms with Crippen LogP contribution in [0.25, 0.3) is 0 Å². The van der Waals surface area contributed by atoms with Gasteiger partial charge < -0.3 is 16.0 Å². The average Bonchev–Trinajstić information content (AvgIpc) is 3.06. The molecular weight excluding hydrogens is 326 g/mol. The van der Waals surface area contributed by atoms with Crippen LogP contribution in [0.5, 0.6) is 0 Å². The summed E-state index contributed by atoms with van der Waals surface area (Å²) in [4.78, 5) is 26.7. The van der Waals surface area contributed by atoms with Gasteiger partial charge in [-0.15, -0.1) is 12.4 Å². The molecule has 1 fully saturated rings. The van der Waals surface area contributed by atoms with E-state index in [1.807, 2.05) is 17.0 Å². The topological polar surface area (TPSA) is 75.4 Å². The second-order valence-corrected chi connectivity index (χ2v) is 6.51. The Morgan fingerprint density at radius 1 is 1.21 bits per heavy atom. The standard InChI is InChI=1S/C18H25N3O2.ClH/c19-8-9-20-17(22)16-5-2-10-21(12-16)18(23)15-7-6-13-3-1-4-14(13)11-15;/h6-7,11,16H,1-5,8-10,12,19H2,(H,20,22);1H. The number of hydrogen-bond donors (Lipinski definition) is 2. The molecule has 3 rings (SSSR count). The predicted octanol–water partition coefficient (Wildman–Crippen LogP) is 1.52. The van der Waals surface area contributed by atoms with Crippen LogP contribution in [0.3, 0.4) is 0 Å². The first-order valence-electron chi connectivity index (χ1n) is 8.58. The highest BCUT2D eigenvalue weighted by Gasteiger charge is 2.29. The number of piperidine rings is 1. The lowest BCUT2D eigenvalue weighted by Gasteiger charge is -2.32. The van der Waals surface area contributed by atoms with Gasteiger partial charge in [0.05, 0.1) is 5.92 Å². The van der Waals surface area contributed by atoms with Crippen molar-refractivity contribution >= 4 is 24.2 Å². The maximum absolute atomic E-state index is 12.8. The molecule has 0 spiro atoms. The smallest absolute Gasteiger partial charge is 0.253 e. The molecule has 6 heteroatoms. The second-order valence-electron chi connectivity index (χ2n) is 6.51. The number of likely N-dealkylation sites (tertiary alicyclic amines) is 1. The quantitative estimate of drug-likeness (QED) is 0.863. The highest BCUT2D eigenvalue weighted by molar-refractivity contribution is 5.95. The molecule has 2 aliphatic rings. The number of nitrogens with two attached hydrogens (primary N) is 1. The van der Waals surface area contributed by atoms with Gasteiger partial charge in [0.15, 0.2) is 0 Å². The number of carbonyl (C=O) groups is 2. The molecule has 0 saturated carbocycles. The normalized spacial score (nSPS) is 19.4. The van der Waals surface area contributed by atoms with Crippen LogP contribution in [0.2, 0.25) is 0 Å². The lowest BCUT2D eigenvalue weighted by Crippen LogP contribution is -2.46. The van der Waals surface area contributed by atoms with Crippen molar-refractivity contribution in [1.82, 2.24) is 10.2 Å². The minimum Gasteiger partial charge on any atom is -0.355 e. The van der Waals surface area contributed by atoms with Crippen LogP contribution in [0, 0.1) is 5.92 Å². The summed E-state index contributed by atoms with van der Waals surface area (Å²) in [5, 5.41) is 2.83. The number of nitrogens with zero attached hydrogens (tertiary/aromatic N) is 1. The van der Waals surface area contributed by atoms with Gasteiger partial charge in [-0.05, 0) is 55.4 Å². The number of amides is 2. The Kier molecular flexibility index (Phi) is 6.63. The highest BCUT2D eigenvalue weighted by Crippen LogP contribution is 2.25. The van der Waals surface area contributed by atoms with Crippen LogP contribution < -0.4 is 11.1 Å². The van der Waals surface area contributed by atoms with E-state index in [2.05, 4.69) is 11.4 Å². The summed E-state index contributed by atoms with van der Waals surface area (Å²) < 4.78 is 0. The predicted molar refractivity (Wildman–Crippen MR) is 96.4 cm³/mol. The molecule has 0 radical (unpaired) electrons. The van der Waals surface area contributed by atoms with Gasteiger partial charge >= 0.3 is 0 Å². The SMILES string of the molecule is Cl.NCCNC(=O)C1CCCN(C(=O)c2ccc3c(c2)CCC3)C1. The monoisotopic (exact) mass is 351 g/mol. The molecule has 0 aromatic heterocycles. The van der Waals surface area contributed by atoms with Crippen LogP contribution in [0.15, 0.2) is 18.2 Å². The van der Waals surface area contributed by atoms with Gasteiger partial charge in [0, 0.05) is 31.7 Å². The lowest BCUT2D eigenvalue weighted by atomic mass is 9.96. The fourth-order valence-corrected chi connectivity index (χ4v) is 3.60. The van der Waals surface area contributed by atoms with Gasteiger partial charge in [-0.25, -0.2) is 0 Å². The molecule has 1 unspecified atom stereocenters. The summed E-state index contributed by atoms with van der Waals surface area (Å²) in [6.45, 7) is 2.17. The first kappa shape index (κ1) is 18.7. The molecule has 2 amide bonds. The van der Waals surface area contributed by atoms with Crippen LogP contribution in [-0.4, -0.2) is 42.9 Å². The molecule has 1 saturated heterocycles. The number of fused-ring (bicyclic) bond motifs is 1. The van der Waals surface area contributed by atoms with Gasteiger partial charge in [-0.2, -0.15) is 0 Å². The third-order valence-electron chi connectivity index (χ3n) is 4.87. The molecule has 5 nitrogen and oxygen atoms in total. The van der Waals surface area contributed by atoms with E-state index in [1.54, 1.807) is 0 Å². The fraction of sp³-hybridized carbons (Fsp3) is 0.556. The Balaban J connectivity index is 0.00000208. The van der Waals surface area contributed by atoms with E-state index in [0.717, 1.165) is 37.8 Å². The number of aryl methyl sites for hydroxylation is 2. The third kappa shape index (κ3) is 4.08. The molecule has 132 valence electrons. The number of hydrogen-bond acceptors (Lipinski definition) is 3. The third-order valence-corrected chi connectivity index (χ3v) is 4.87. The van der Waals surface area contributed by atoms with E-state index in [-0.39, 0.29) is 30.1 Å². The van der Waals surface area contributed by atoms with Crippen molar-refractivity contribution in [2.45, 2.75) is 32.1 Å². The number of carbonyl (C=O) groups excluding carboxylic acids is 2. The molecule has 1 heterocycles. The summed E-state index contributed by atoms with van der Waals surface area (Å²) in [7, 11) is 0. The van der Waals surface area contributed by atoms with Crippen molar-refractivity contribution in [3.63, 3.8) is 0 Å². The zero-order valence-electron chi connectivity index (χ0n) is 13.9. The average molecular weight is 352 g/mol. The van der Waals surface area contributed by atoms with Gasteiger partial charge in [-0.3, -0.25) is 9.59 Å². The number of halogens is 1.